The van der Waals surface area contributed by atoms with Crippen LogP contribution in [0.3, 0.4) is 0 Å². The van der Waals surface area contributed by atoms with Gasteiger partial charge in [-0.15, -0.1) is 0 Å². The zero-order valence-electron chi connectivity index (χ0n) is 5.58. The van der Waals surface area contributed by atoms with Crippen LogP contribution in [-0.2, 0) is 0 Å². The predicted octanol–water partition coefficient (Wildman–Crippen LogP) is 2.17. The highest BCUT2D eigenvalue weighted by molar-refractivity contribution is 7.73. The highest BCUT2D eigenvalue weighted by Crippen LogP contribution is 2.23. The van der Waals surface area contributed by atoms with Crippen LogP contribution in [-0.4, -0.2) is 16.2 Å². The molecule has 0 atom stereocenters. The first-order valence-electron chi connectivity index (χ1n) is 2.70. The summed E-state index contributed by atoms with van der Waals surface area (Å²) in [5.41, 5.74) is 0.641. The van der Waals surface area contributed by atoms with Crippen molar-refractivity contribution in [1.29, 1.82) is 0 Å². The fourth-order valence-corrected chi connectivity index (χ4v) is 1.64. The van der Waals surface area contributed by atoms with Gasteiger partial charge in [-0.1, -0.05) is 11.3 Å². The minimum absolute atomic E-state index is 0.308. The monoisotopic (exact) mass is 191 g/mol. The maximum Gasteiger partial charge on any atom is 0.512 e. The molecule has 6 heteroatoms. The lowest BCUT2D eigenvalue weighted by atomic mass is 10.6. The first-order valence-corrected chi connectivity index (χ1v) is 3.92. The quantitative estimate of drug-likeness (QED) is 0.527. The molecule has 0 amide bonds. The van der Waals surface area contributed by atoms with Crippen molar-refractivity contribution in [3.63, 3.8) is 0 Å². The van der Waals surface area contributed by atoms with Crippen LogP contribution in [0.15, 0.2) is 0 Å². The van der Waals surface area contributed by atoms with E-state index in [1.54, 1.807) is 6.92 Å². The second-order valence-corrected chi connectivity index (χ2v) is 3.44. The van der Waals surface area contributed by atoms with Crippen molar-refractivity contribution in [2.75, 3.05) is 0 Å². The number of H-pyrrole nitrogens is 1. The Morgan fingerprint density at radius 1 is 1.82 bits per heavy atom. The summed E-state index contributed by atoms with van der Waals surface area (Å²) in [7, 11) is 0. The van der Waals surface area contributed by atoms with Crippen molar-refractivity contribution in [3.05, 3.63) is 9.65 Å². The summed E-state index contributed by atoms with van der Waals surface area (Å²) in [4.78, 5) is 12.8. The van der Waals surface area contributed by atoms with Crippen LogP contribution in [0.5, 0.6) is 5.06 Å². The number of aromatic nitrogens is 1. The van der Waals surface area contributed by atoms with E-state index >= 15 is 0 Å². The van der Waals surface area contributed by atoms with E-state index in [4.69, 9.17) is 17.3 Å². The molecule has 0 aliphatic carbocycles. The fraction of sp³-hybridized carbons (Fsp3) is 0.200. The molecule has 0 saturated heterocycles. The summed E-state index contributed by atoms with van der Waals surface area (Å²) in [6, 6.07) is 0. The highest BCUT2D eigenvalue weighted by atomic mass is 32.1. The number of thiazole rings is 1. The Morgan fingerprint density at radius 3 is 2.82 bits per heavy atom. The molecule has 0 spiro atoms. The minimum atomic E-state index is -1.32. The van der Waals surface area contributed by atoms with Gasteiger partial charge in [-0.3, -0.25) is 0 Å². The molecule has 0 saturated carbocycles. The smallest absolute Gasteiger partial charge is 0.449 e. The van der Waals surface area contributed by atoms with Gasteiger partial charge >= 0.3 is 6.16 Å². The van der Waals surface area contributed by atoms with Crippen molar-refractivity contribution < 1.29 is 14.6 Å². The van der Waals surface area contributed by atoms with Crippen LogP contribution >= 0.6 is 23.6 Å². The molecule has 0 aliphatic heterocycles. The lowest BCUT2D eigenvalue weighted by Gasteiger charge is -1.93. The van der Waals surface area contributed by atoms with E-state index in [1.807, 2.05) is 0 Å². The van der Waals surface area contributed by atoms with Gasteiger partial charge in [0.25, 0.3) is 0 Å². The molecule has 11 heavy (non-hydrogen) atoms. The number of hydrogen-bond acceptors (Lipinski definition) is 4. The maximum atomic E-state index is 10.1. The van der Waals surface area contributed by atoms with E-state index in [0.29, 0.717) is 14.7 Å². The van der Waals surface area contributed by atoms with Crippen molar-refractivity contribution in [3.8, 4) is 5.06 Å². The molecule has 0 fully saturated rings. The Labute approximate surface area is 71.4 Å². The van der Waals surface area contributed by atoms with E-state index in [1.165, 1.54) is 0 Å². The van der Waals surface area contributed by atoms with Crippen LogP contribution in [0, 0.1) is 10.9 Å². The molecule has 2 N–H and O–H groups in total. The average molecular weight is 191 g/mol. The number of hydrogen-bond donors (Lipinski definition) is 2. The van der Waals surface area contributed by atoms with E-state index < -0.39 is 6.16 Å². The standard InChI is InChI=1S/C5H5NO3S2/c1-2-3(9-5(7)8)11-4(10)6-2/h1H3,(H,6,10)(H,7,8). The van der Waals surface area contributed by atoms with Gasteiger partial charge in [0.05, 0.1) is 5.69 Å². The number of carbonyl (C=O) groups is 1. The van der Waals surface area contributed by atoms with Crippen LogP contribution in [0.2, 0.25) is 0 Å². The number of nitrogens with one attached hydrogen (secondary N) is 1. The number of aromatic amines is 1. The maximum absolute atomic E-state index is 10.1. The van der Waals surface area contributed by atoms with Gasteiger partial charge in [0.15, 0.2) is 3.95 Å². The topological polar surface area (TPSA) is 62.3 Å². The van der Waals surface area contributed by atoms with Gasteiger partial charge in [0, 0.05) is 0 Å². The van der Waals surface area contributed by atoms with Gasteiger partial charge in [0.2, 0.25) is 5.06 Å². The zero-order chi connectivity index (χ0) is 8.43. The Kier molecular flexibility index (Phi) is 2.25. The summed E-state index contributed by atoms with van der Waals surface area (Å²) in [5, 5.41) is 8.55. The molecule has 0 unspecified atom stereocenters. The minimum Gasteiger partial charge on any atom is -0.449 e. The SMILES string of the molecule is Cc1[nH]c(=S)sc1OC(=O)O. The summed E-state index contributed by atoms with van der Waals surface area (Å²) >= 11 is 5.86. The molecular formula is C5H5NO3S2. The van der Waals surface area contributed by atoms with Crippen LogP contribution in [0.1, 0.15) is 5.69 Å². The predicted molar refractivity (Wildman–Crippen MR) is 42.9 cm³/mol. The van der Waals surface area contributed by atoms with Gasteiger partial charge in [-0.2, -0.15) is 0 Å². The molecule has 0 bridgehead atoms. The van der Waals surface area contributed by atoms with E-state index in [9.17, 15) is 4.79 Å². The van der Waals surface area contributed by atoms with E-state index in [-0.39, 0.29) is 0 Å². The number of aryl methyl sites for hydroxylation is 1. The summed E-state index contributed by atoms with van der Waals surface area (Å²) in [5.74, 6) is 0. The largest absolute Gasteiger partial charge is 0.512 e. The normalized spacial score (nSPS) is 9.55. The fourth-order valence-electron chi connectivity index (χ4n) is 0.567. The number of ether oxygens (including phenoxy) is 1. The molecular weight excluding hydrogens is 186 g/mol. The third kappa shape index (κ3) is 2.02. The molecule has 1 heterocycles. The second-order valence-electron chi connectivity index (χ2n) is 1.79. The second kappa shape index (κ2) is 3.02. The van der Waals surface area contributed by atoms with Crippen LogP contribution in [0.4, 0.5) is 4.79 Å². The molecule has 1 rings (SSSR count). The molecule has 0 aliphatic rings. The molecule has 0 aromatic carbocycles. The summed E-state index contributed by atoms with van der Waals surface area (Å²) < 4.78 is 4.92. The Balaban J connectivity index is 2.94. The molecule has 1 aromatic heterocycles. The van der Waals surface area contributed by atoms with Crippen LogP contribution in [0.25, 0.3) is 0 Å². The number of carboxylic acid groups (broad SMARTS) is 1. The first-order chi connectivity index (χ1) is 5.09. The van der Waals surface area contributed by atoms with Crippen molar-refractivity contribution in [2.24, 2.45) is 0 Å². The molecule has 60 valence electrons. The van der Waals surface area contributed by atoms with Gasteiger partial charge < -0.3 is 14.8 Å². The molecule has 4 nitrogen and oxygen atoms in total. The Hall–Kier alpha value is -0.880. The molecule has 1 aromatic rings. The lowest BCUT2D eigenvalue weighted by molar-refractivity contribution is 0.145. The first kappa shape index (κ1) is 8.22. The number of rotatable bonds is 1. The van der Waals surface area contributed by atoms with Crippen LogP contribution < -0.4 is 4.74 Å². The average Bonchev–Trinajstić information content (AvgIpc) is 2.09. The van der Waals surface area contributed by atoms with Crippen molar-refractivity contribution in [2.45, 2.75) is 6.92 Å². The summed E-state index contributed by atoms with van der Waals surface area (Å²) in [6.07, 6.45) is -1.32. The lowest BCUT2D eigenvalue weighted by Crippen LogP contribution is -2.02. The Bertz CT molecular complexity index is 327. The molecule has 0 radical (unpaired) electrons. The third-order valence-electron chi connectivity index (χ3n) is 0.961. The van der Waals surface area contributed by atoms with Crippen molar-refractivity contribution in [1.82, 2.24) is 4.98 Å². The zero-order valence-corrected chi connectivity index (χ0v) is 7.21. The third-order valence-corrected chi connectivity index (χ3v) is 2.18. The highest BCUT2D eigenvalue weighted by Gasteiger charge is 2.06. The summed E-state index contributed by atoms with van der Waals surface area (Å²) in [6.45, 7) is 1.70. The van der Waals surface area contributed by atoms with Gasteiger partial charge in [-0.25, -0.2) is 4.79 Å². The van der Waals surface area contributed by atoms with E-state index in [0.717, 1.165) is 11.3 Å². The Morgan fingerprint density at radius 2 is 2.45 bits per heavy atom. The van der Waals surface area contributed by atoms with Gasteiger partial charge in [-0.05, 0) is 19.1 Å². The van der Waals surface area contributed by atoms with Crippen molar-refractivity contribution >= 4 is 29.7 Å². The van der Waals surface area contributed by atoms with E-state index in [2.05, 4.69) is 9.72 Å². The van der Waals surface area contributed by atoms with Gasteiger partial charge in [0.1, 0.15) is 0 Å².